The van der Waals surface area contributed by atoms with Gasteiger partial charge >= 0.3 is 72.9 Å². The molecule has 5 N–H and O–H groups in total. The van der Waals surface area contributed by atoms with Crippen LogP contribution in [0.25, 0.3) is 0 Å². The first-order valence-electron chi connectivity index (χ1n) is 4.60. The third kappa shape index (κ3) is 9.20. The monoisotopic (exact) mass is 309 g/mol. The van der Waals surface area contributed by atoms with Crippen molar-refractivity contribution in [1.29, 1.82) is 0 Å². The van der Waals surface area contributed by atoms with E-state index in [1.807, 2.05) is 0 Å². The maximum absolute atomic E-state index is 11.1. The summed E-state index contributed by atoms with van der Waals surface area (Å²) < 4.78 is 14.3. The van der Waals surface area contributed by atoms with Crippen LogP contribution in [-0.4, -0.2) is 86.0 Å². The predicted molar refractivity (Wildman–Crippen MR) is 72.2 cm³/mol. The summed E-state index contributed by atoms with van der Waals surface area (Å²) in [7, 11) is -4.86. The first-order valence-corrected chi connectivity index (χ1v) is 6.13. The van der Waals surface area contributed by atoms with E-state index in [9.17, 15) is 9.36 Å². The van der Waals surface area contributed by atoms with Gasteiger partial charge in [0.25, 0.3) is 0 Å². The summed E-state index contributed by atoms with van der Waals surface area (Å²) >= 11 is 0. The van der Waals surface area contributed by atoms with Crippen molar-refractivity contribution < 1.29 is 28.8 Å². The predicted octanol–water partition coefficient (Wildman–Crippen LogP) is -1.40. The molecule has 7 nitrogen and oxygen atoms in total. The number of phosphoric acid groups is 1. The van der Waals surface area contributed by atoms with E-state index in [0.29, 0.717) is 5.56 Å². The number of phosphoric ester groups is 1. The van der Waals surface area contributed by atoms with E-state index >= 15 is 0 Å². The van der Waals surface area contributed by atoms with Crippen molar-refractivity contribution in [2.75, 3.05) is 0 Å². The van der Waals surface area contributed by atoms with Gasteiger partial charge in [-0.05, 0) is 24.1 Å². The second kappa shape index (κ2) is 9.52. The van der Waals surface area contributed by atoms with Gasteiger partial charge in [-0.3, -0.25) is 9.79 Å². The summed E-state index contributed by atoms with van der Waals surface area (Å²) in [4.78, 5) is 28.0. The van der Waals surface area contributed by atoms with Crippen LogP contribution >= 0.6 is 7.82 Å². The van der Waals surface area contributed by atoms with Crippen LogP contribution in [0.5, 0.6) is 5.75 Å². The van der Waals surface area contributed by atoms with Crippen molar-refractivity contribution in [3.05, 3.63) is 29.8 Å². The van der Waals surface area contributed by atoms with Crippen molar-refractivity contribution in [1.82, 2.24) is 0 Å². The zero-order valence-corrected chi connectivity index (χ0v) is 9.58. The van der Waals surface area contributed by atoms with Gasteiger partial charge < -0.3 is 15.4 Å². The van der Waals surface area contributed by atoms with Crippen LogP contribution < -0.4 is 5.73 Å². The Balaban J connectivity index is 0. The molecule has 19 heavy (non-hydrogen) atoms. The van der Waals surface area contributed by atoms with Crippen LogP contribution in [0, 0.1) is 0 Å². The average Bonchev–Trinajstić information content (AvgIpc) is 2.19. The summed E-state index contributed by atoms with van der Waals surface area (Å²) in [5.74, 6) is -1.11. The van der Waals surface area contributed by atoms with Crippen LogP contribution in [0.2, 0.25) is 0 Å². The molecule has 0 unspecified atom stereocenters. The molecule has 0 saturated heterocycles. The molecule has 10 heteroatoms. The minimum absolute atomic E-state index is 0. The summed E-state index contributed by atoms with van der Waals surface area (Å²) in [6, 6.07) is 4.74. The summed E-state index contributed by atoms with van der Waals surface area (Å²) in [5.41, 5.74) is 6.05. The number of carbonyl (C=O) groups is 1. The Kier molecular flexibility index (Phi) is 11.0. The Hall–Kier alpha value is 0.600. The van der Waals surface area contributed by atoms with Gasteiger partial charge in [-0.15, -0.1) is 0 Å². The van der Waals surface area contributed by atoms with Crippen LogP contribution in [0.15, 0.2) is 24.3 Å². The number of rotatable bonds is 4. The molecule has 1 atom stereocenters. The van der Waals surface area contributed by atoms with E-state index in [-0.39, 0.29) is 71.3 Å². The molecule has 98 valence electrons. The molecule has 0 bridgehead atoms. The van der Waals surface area contributed by atoms with Gasteiger partial charge in [-0.1, -0.05) is 12.1 Å². The Labute approximate surface area is 154 Å². The molecular formula is C9H14NNa2O6P. The molecule has 0 saturated carbocycles. The first-order chi connectivity index (χ1) is 7.78. The van der Waals surface area contributed by atoms with Gasteiger partial charge in [-0.25, -0.2) is 9.36 Å². The molecule has 0 fully saturated rings. The fourth-order valence-corrected chi connectivity index (χ4v) is 1.52. The molecule has 0 spiro atoms. The second-order valence-corrected chi connectivity index (χ2v) is 4.54. The third-order valence-electron chi connectivity index (χ3n) is 1.90. The summed E-state index contributed by atoms with van der Waals surface area (Å²) in [6.07, 6.45) is 0.0547. The Bertz CT molecular complexity index is 449. The van der Waals surface area contributed by atoms with Crippen molar-refractivity contribution in [2.24, 2.45) is 5.73 Å². The number of nitrogens with two attached hydrogens (primary N) is 1. The molecule has 1 aromatic carbocycles. The van der Waals surface area contributed by atoms with Crippen molar-refractivity contribution >= 4 is 72.9 Å². The van der Waals surface area contributed by atoms with Gasteiger partial charge in [0.15, 0.2) is 0 Å². The van der Waals surface area contributed by atoms with Gasteiger partial charge in [0.05, 0.1) is 0 Å². The van der Waals surface area contributed by atoms with Crippen molar-refractivity contribution in [3.8, 4) is 5.75 Å². The number of benzene rings is 1. The van der Waals surface area contributed by atoms with Crippen LogP contribution in [0.3, 0.4) is 0 Å². The Morgan fingerprint density at radius 2 is 1.74 bits per heavy atom. The van der Waals surface area contributed by atoms with E-state index in [2.05, 4.69) is 4.52 Å². The van der Waals surface area contributed by atoms with Gasteiger partial charge in [0, 0.05) is 0 Å². The molecule has 0 aromatic heterocycles. The summed E-state index contributed by atoms with van der Waals surface area (Å²) in [6.45, 7) is 0. The van der Waals surface area contributed by atoms with Crippen molar-refractivity contribution in [2.45, 2.75) is 12.5 Å². The van der Waals surface area contributed by atoms with E-state index in [1.165, 1.54) is 12.1 Å². The molecular weight excluding hydrogens is 295 g/mol. The number of hydrogen-bond acceptors (Lipinski definition) is 5. The maximum atomic E-state index is 11.1. The molecule has 1 aromatic rings. The van der Waals surface area contributed by atoms with E-state index in [1.54, 1.807) is 12.1 Å². The average molecular weight is 309 g/mol. The first kappa shape index (κ1) is 21.9. The zero-order chi connectivity index (χ0) is 13.1. The molecule has 0 aliphatic carbocycles. The molecule has 0 heterocycles. The molecule has 0 amide bonds. The Morgan fingerprint density at radius 1 is 1.26 bits per heavy atom. The standard InChI is InChI=1S/C9H12NO6P.2Na.2H/c10-8(9(12)16-17(13,14)15)5-6-1-3-7(11)4-2-6;;;;/h1-4,8,11H,5,10H2,(H2,13,14,15);;;;/t8-;;;;/m0..../s1. The van der Waals surface area contributed by atoms with E-state index < -0.39 is 19.8 Å². The third-order valence-corrected chi connectivity index (χ3v) is 2.32. The molecule has 1 rings (SSSR count). The van der Waals surface area contributed by atoms with Crippen LogP contribution in [0.1, 0.15) is 5.56 Å². The number of carbonyl (C=O) groups excluding carboxylic acids is 1. The molecule has 0 aliphatic rings. The summed E-state index contributed by atoms with van der Waals surface area (Å²) in [5, 5.41) is 9.03. The Morgan fingerprint density at radius 3 is 2.16 bits per heavy atom. The van der Waals surface area contributed by atoms with Gasteiger partial charge in [-0.2, -0.15) is 0 Å². The topological polar surface area (TPSA) is 130 Å². The molecule has 0 radical (unpaired) electrons. The van der Waals surface area contributed by atoms with Gasteiger partial charge in [0.2, 0.25) is 0 Å². The molecule has 0 aliphatic heterocycles. The normalized spacial score (nSPS) is 11.7. The number of phenolic OH excluding ortho intramolecular Hbond substituents is 1. The van der Waals surface area contributed by atoms with E-state index in [4.69, 9.17) is 20.6 Å². The van der Waals surface area contributed by atoms with Crippen molar-refractivity contribution in [3.63, 3.8) is 0 Å². The zero-order valence-electron chi connectivity index (χ0n) is 8.68. The quantitative estimate of drug-likeness (QED) is 0.397. The van der Waals surface area contributed by atoms with Gasteiger partial charge in [0.1, 0.15) is 11.8 Å². The minimum atomic E-state index is -4.86. The van der Waals surface area contributed by atoms with Crippen LogP contribution in [0.4, 0.5) is 0 Å². The number of phenols is 1. The van der Waals surface area contributed by atoms with E-state index in [0.717, 1.165) is 0 Å². The van der Waals surface area contributed by atoms with Crippen LogP contribution in [-0.2, 0) is 20.3 Å². The fraction of sp³-hybridized carbons (Fsp3) is 0.222. The second-order valence-electron chi connectivity index (χ2n) is 3.38. The SMILES string of the molecule is N[C@@H](Cc1ccc(O)cc1)C(=O)OP(=O)(O)O.[NaH].[NaH]. The number of hydrogen-bond donors (Lipinski definition) is 4. The number of aromatic hydroxyl groups is 1. The fourth-order valence-electron chi connectivity index (χ4n) is 1.15.